The number of fused-ring (bicyclic) bond motifs is 1. The van der Waals surface area contributed by atoms with Gasteiger partial charge in [0.05, 0.1) is 0 Å². The fraction of sp³-hybridized carbons (Fsp3) is 0.150. The van der Waals surface area contributed by atoms with E-state index in [1.165, 1.54) is 5.39 Å². The van der Waals surface area contributed by atoms with Crippen molar-refractivity contribution >= 4 is 70.2 Å². The SMILES string of the molecule is Cc1ccc(C(=O)NC(Nc2ccc3ccccc3c2)C(Br)(Br)Br)cc1. The van der Waals surface area contributed by atoms with E-state index in [0.29, 0.717) is 5.56 Å². The Hall–Kier alpha value is -1.37. The second kappa shape index (κ2) is 8.11. The molecule has 3 aromatic rings. The molecule has 0 aliphatic carbocycles. The largest absolute Gasteiger partial charge is 0.363 e. The number of amides is 1. The maximum atomic E-state index is 12.6. The van der Waals surface area contributed by atoms with E-state index in [4.69, 9.17) is 0 Å². The van der Waals surface area contributed by atoms with Gasteiger partial charge in [-0.25, -0.2) is 0 Å². The highest BCUT2D eigenvalue weighted by molar-refractivity contribution is 9.39. The van der Waals surface area contributed by atoms with Gasteiger partial charge in [0, 0.05) is 11.3 Å². The summed E-state index contributed by atoms with van der Waals surface area (Å²) >= 11 is 10.6. The lowest BCUT2D eigenvalue weighted by atomic mass is 10.1. The molecule has 0 saturated heterocycles. The Morgan fingerprint density at radius 2 is 1.58 bits per heavy atom. The van der Waals surface area contributed by atoms with Crippen molar-refractivity contribution < 1.29 is 4.79 Å². The van der Waals surface area contributed by atoms with Crippen LogP contribution in [0, 0.1) is 6.92 Å². The zero-order chi connectivity index (χ0) is 18.7. The Balaban J connectivity index is 1.81. The van der Waals surface area contributed by atoms with E-state index in [9.17, 15) is 4.79 Å². The maximum absolute atomic E-state index is 12.6. The number of benzene rings is 3. The van der Waals surface area contributed by atoms with Crippen LogP contribution in [0.25, 0.3) is 10.8 Å². The molecule has 1 amide bonds. The lowest BCUT2D eigenvalue weighted by Crippen LogP contribution is -2.48. The first-order chi connectivity index (χ1) is 12.3. The molecule has 0 fully saturated rings. The van der Waals surface area contributed by atoms with Crippen LogP contribution in [0.5, 0.6) is 0 Å². The first-order valence-corrected chi connectivity index (χ1v) is 10.4. The van der Waals surface area contributed by atoms with E-state index < -0.39 is 8.31 Å². The number of carbonyl (C=O) groups is 1. The van der Waals surface area contributed by atoms with Crippen LogP contribution in [-0.4, -0.2) is 14.2 Å². The lowest BCUT2D eigenvalue weighted by molar-refractivity contribution is 0.0943. The molecule has 0 bridgehead atoms. The molecule has 0 heterocycles. The van der Waals surface area contributed by atoms with Crippen molar-refractivity contribution in [2.75, 3.05) is 5.32 Å². The summed E-state index contributed by atoms with van der Waals surface area (Å²) in [6.07, 6.45) is -0.447. The Morgan fingerprint density at radius 3 is 2.23 bits per heavy atom. The van der Waals surface area contributed by atoms with Gasteiger partial charge in [-0.05, 0) is 42.0 Å². The minimum atomic E-state index is -0.709. The third-order valence-electron chi connectivity index (χ3n) is 3.98. The lowest BCUT2D eigenvalue weighted by Gasteiger charge is -2.28. The van der Waals surface area contributed by atoms with Crippen molar-refractivity contribution in [3.8, 4) is 0 Å². The number of carbonyl (C=O) groups excluding carboxylic acids is 1. The molecule has 0 aromatic heterocycles. The van der Waals surface area contributed by atoms with Crippen LogP contribution in [-0.2, 0) is 0 Å². The summed E-state index contributed by atoms with van der Waals surface area (Å²) in [6.45, 7) is 1.99. The molecule has 6 heteroatoms. The van der Waals surface area contributed by atoms with Crippen molar-refractivity contribution in [2.24, 2.45) is 0 Å². The molecule has 2 N–H and O–H groups in total. The molecule has 3 rings (SSSR count). The van der Waals surface area contributed by atoms with Gasteiger partial charge in [0.1, 0.15) is 6.17 Å². The Labute approximate surface area is 177 Å². The molecular formula is C20H17Br3N2O. The van der Waals surface area contributed by atoms with Crippen molar-refractivity contribution in [3.05, 3.63) is 77.9 Å². The summed E-state index contributed by atoms with van der Waals surface area (Å²) < 4.78 is -0.709. The standard InChI is InChI=1S/C20H17Br3N2O/c1-13-6-8-15(9-7-13)18(26)25-19(20(21,22)23)24-17-11-10-14-4-2-3-5-16(14)12-17/h2-12,19,24H,1H3,(H,25,26). The molecule has 1 unspecified atom stereocenters. The molecule has 0 spiro atoms. The second-order valence-corrected chi connectivity index (χ2v) is 13.0. The van der Waals surface area contributed by atoms with E-state index in [-0.39, 0.29) is 5.91 Å². The van der Waals surface area contributed by atoms with Crippen LogP contribution in [0.1, 0.15) is 15.9 Å². The van der Waals surface area contributed by atoms with Crippen LogP contribution >= 0.6 is 47.8 Å². The van der Waals surface area contributed by atoms with Crippen LogP contribution in [0.3, 0.4) is 0 Å². The number of rotatable bonds is 4. The van der Waals surface area contributed by atoms with Crippen LogP contribution in [0.15, 0.2) is 66.7 Å². The van der Waals surface area contributed by atoms with Gasteiger partial charge in [-0.3, -0.25) is 4.79 Å². The normalized spacial score (nSPS) is 12.6. The van der Waals surface area contributed by atoms with Gasteiger partial charge in [-0.2, -0.15) is 0 Å². The maximum Gasteiger partial charge on any atom is 0.252 e. The van der Waals surface area contributed by atoms with E-state index in [1.807, 2.05) is 49.4 Å². The zero-order valence-electron chi connectivity index (χ0n) is 14.0. The number of aryl methyl sites for hydroxylation is 1. The van der Waals surface area contributed by atoms with E-state index in [0.717, 1.165) is 16.6 Å². The predicted molar refractivity (Wildman–Crippen MR) is 120 cm³/mol. The van der Waals surface area contributed by atoms with Crippen molar-refractivity contribution in [1.82, 2.24) is 5.32 Å². The second-order valence-electron chi connectivity index (χ2n) is 6.02. The summed E-state index contributed by atoms with van der Waals surface area (Å²) in [5, 5.41) is 8.65. The molecular weight excluding hydrogens is 524 g/mol. The van der Waals surface area contributed by atoms with E-state index in [1.54, 1.807) is 0 Å². The van der Waals surface area contributed by atoms with Crippen LogP contribution in [0.4, 0.5) is 5.69 Å². The zero-order valence-corrected chi connectivity index (χ0v) is 18.7. The average molecular weight is 541 g/mol. The fourth-order valence-electron chi connectivity index (χ4n) is 2.56. The minimum Gasteiger partial charge on any atom is -0.363 e. The van der Waals surface area contributed by atoms with Crippen molar-refractivity contribution in [1.29, 1.82) is 0 Å². The molecule has 1 atom stereocenters. The molecule has 3 nitrogen and oxygen atoms in total. The summed E-state index contributed by atoms with van der Waals surface area (Å²) in [6, 6.07) is 21.7. The first kappa shape index (κ1) is 19.4. The minimum absolute atomic E-state index is 0.161. The van der Waals surface area contributed by atoms with Crippen LogP contribution in [0.2, 0.25) is 0 Å². The van der Waals surface area contributed by atoms with Gasteiger partial charge in [-0.1, -0.05) is 95.8 Å². The Morgan fingerprint density at radius 1 is 0.923 bits per heavy atom. The first-order valence-electron chi connectivity index (χ1n) is 8.02. The number of halogens is 3. The third kappa shape index (κ3) is 4.87. The number of alkyl halides is 3. The Bertz CT molecular complexity index is 920. The molecule has 0 saturated carbocycles. The van der Waals surface area contributed by atoms with Crippen LogP contribution < -0.4 is 10.6 Å². The number of hydrogen-bond acceptors (Lipinski definition) is 2. The Kier molecular flexibility index (Phi) is 6.05. The topological polar surface area (TPSA) is 41.1 Å². The van der Waals surface area contributed by atoms with Gasteiger partial charge in [0.25, 0.3) is 5.91 Å². The third-order valence-corrected chi connectivity index (χ3v) is 5.35. The van der Waals surface area contributed by atoms with Crippen molar-refractivity contribution in [2.45, 2.75) is 15.2 Å². The van der Waals surface area contributed by atoms with Gasteiger partial charge >= 0.3 is 0 Å². The fourth-order valence-corrected chi connectivity index (χ4v) is 3.25. The average Bonchev–Trinajstić information content (AvgIpc) is 2.61. The monoisotopic (exact) mass is 538 g/mol. The quantitative estimate of drug-likeness (QED) is 0.308. The molecule has 26 heavy (non-hydrogen) atoms. The number of anilines is 1. The van der Waals surface area contributed by atoms with E-state index >= 15 is 0 Å². The summed E-state index contributed by atoms with van der Waals surface area (Å²) in [7, 11) is 0. The van der Waals surface area contributed by atoms with Gasteiger partial charge in [0.2, 0.25) is 0 Å². The highest BCUT2D eigenvalue weighted by atomic mass is 80.0. The number of nitrogens with one attached hydrogen (secondary N) is 2. The molecule has 3 aromatic carbocycles. The molecule has 134 valence electrons. The van der Waals surface area contributed by atoms with Gasteiger partial charge < -0.3 is 10.6 Å². The molecule has 0 aliphatic rings. The van der Waals surface area contributed by atoms with Crippen molar-refractivity contribution in [3.63, 3.8) is 0 Å². The summed E-state index contributed by atoms with van der Waals surface area (Å²) in [4.78, 5) is 12.6. The molecule has 0 aliphatic heterocycles. The van der Waals surface area contributed by atoms with Gasteiger partial charge in [-0.15, -0.1) is 0 Å². The van der Waals surface area contributed by atoms with Gasteiger partial charge in [0.15, 0.2) is 2.14 Å². The molecule has 0 radical (unpaired) electrons. The predicted octanol–water partition coefficient (Wildman–Crippen LogP) is 6.15. The number of hydrogen-bond donors (Lipinski definition) is 2. The highest BCUT2D eigenvalue weighted by Crippen LogP contribution is 2.38. The summed E-state index contributed by atoms with van der Waals surface area (Å²) in [5.41, 5.74) is 2.63. The summed E-state index contributed by atoms with van der Waals surface area (Å²) in [5.74, 6) is -0.161. The smallest absolute Gasteiger partial charge is 0.252 e. The highest BCUT2D eigenvalue weighted by Gasteiger charge is 2.32. The van der Waals surface area contributed by atoms with E-state index in [2.05, 4.69) is 82.7 Å².